The van der Waals surface area contributed by atoms with Gasteiger partial charge in [-0.3, -0.25) is 0 Å². The van der Waals surface area contributed by atoms with Gasteiger partial charge in [0.2, 0.25) is 23.6 Å². The van der Waals surface area contributed by atoms with E-state index in [4.69, 9.17) is 18.9 Å². The van der Waals surface area contributed by atoms with Crippen molar-refractivity contribution in [3.63, 3.8) is 0 Å². The number of hydrogen-bond acceptors (Lipinski definition) is 12. The van der Waals surface area contributed by atoms with Gasteiger partial charge < -0.3 is 33.9 Å². The molecule has 12 nitrogen and oxygen atoms in total. The first-order valence-electron chi connectivity index (χ1n) is 10.3. The Morgan fingerprint density at radius 3 is 1.88 bits per heavy atom. The minimum atomic E-state index is -0.0668. The number of nitrogens with one attached hydrogen (secondary N) is 1. The Labute approximate surface area is 185 Å². The summed E-state index contributed by atoms with van der Waals surface area (Å²) in [5.74, 6) is 2.00. The summed E-state index contributed by atoms with van der Waals surface area (Å²) in [4.78, 5) is 17.9. The number of aromatic nitrogens is 3. The zero-order chi connectivity index (χ0) is 22.3. The topological polar surface area (TPSA) is 127 Å². The third-order valence-electron chi connectivity index (χ3n) is 5.08. The molecule has 0 bridgehead atoms. The number of phenolic OH excluding ortho intramolecular Hbond substituents is 1. The first kappa shape index (κ1) is 21.8. The molecule has 3 heterocycles. The van der Waals surface area contributed by atoms with Gasteiger partial charge in [0.15, 0.2) is 11.5 Å². The van der Waals surface area contributed by atoms with Crippen LogP contribution in [0.15, 0.2) is 17.2 Å². The summed E-state index contributed by atoms with van der Waals surface area (Å²) < 4.78 is 21.2. The van der Waals surface area contributed by atoms with Crippen LogP contribution in [-0.4, -0.2) is 93.1 Å². The third kappa shape index (κ3) is 5.08. The van der Waals surface area contributed by atoms with Gasteiger partial charge in [-0.25, -0.2) is 5.43 Å². The van der Waals surface area contributed by atoms with Crippen LogP contribution in [0, 0.1) is 0 Å². The number of phenols is 1. The van der Waals surface area contributed by atoms with Gasteiger partial charge in [0, 0.05) is 31.7 Å². The van der Waals surface area contributed by atoms with Crippen molar-refractivity contribution in [2.45, 2.75) is 0 Å². The Bertz CT molecular complexity index is 885. The van der Waals surface area contributed by atoms with Crippen molar-refractivity contribution in [1.29, 1.82) is 0 Å². The van der Waals surface area contributed by atoms with Crippen molar-refractivity contribution < 1.29 is 24.1 Å². The predicted molar refractivity (Wildman–Crippen MR) is 118 cm³/mol. The number of morpholine rings is 2. The van der Waals surface area contributed by atoms with E-state index in [1.54, 1.807) is 18.3 Å². The molecule has 1 aromatic heterocycles. The molecular weight excluding hydrogens is 418 g/mol. The Hall–Kier alpha value is -3.38. The van der Waals surface area contributed by atoms with Crippen molar-refractivity contribution in [1.82, 2.24) is 15.0 Å². The molecule has 0 spiro atoms. The van der Waals surface area contributed by atoms with Crippen LogP contribution >= 0.6 is 0 Å². The van der Waals surface area contributed by atoms with Gasteiger partial charge in [-0.05, 0) is 12.1 Å². The number of aromatic hydroxyl groups is 1. The second kappa shape index (κ2) is 10.3. The lowest BCUT2D eigenvalue weighted by molar-refractivity contribution is 0.121. The highest BCUT2D eigenvalue weighted by atomic mass is 16.5. The maximum absolute atomic E-state index is 10.1. The minimum Gasteiger partial charge on any atom is -0.502 e. The lowest BCUT2D eigenvalue weighted by atomic mass is 10.2. The fraction of sp³-hybridized carbons (Fsp3) is 0.500. The maximum Gasteiger partial charge on any atom is 0.250 e. The molecule has 2 aliphatic rings. The highest BCUT2D eigenvalue weighted by molar-refractivity contribution is 5.82. The maximum atomic E-state index is 10.1. The van der Waals surface area contributed by atoms with Crippen LogP contribution in [0.25, 0.3) is 0 Å². The first-order chi connectivity index (χ1) is 15.7. The predicted octanol–water partition coefficient (Wildman–Crippen LogP) is 0.714. The average Bonchev–Trinajstić information content (AvgIpc) is 2.85. The fourth-order valence-corrected chi connectivity index (χ4v) is 3.37. The van der Waals surface area contributed by atoms with Gasteiger partial charge in [-0.1, -0.05) is 0 Å². The number of rotatable bonds is 7. The molecule has 0 saturated carbocycles. The van der Waals surface area contributed by atoms with Gasteiger partial charge in [-0.15, -0.1) is 0 Å². The Morgan fingerprint density at radius 1 is 0.906 bits per heavy atom. The molecule has 0 unspecified atom stereocenters. The number of methoxy groups -OCH3 is 2. The van der Waals surface area contributed by atoms with Crippen LogP contribution in [0.1, 0.15) is 5.56 Å². The van der Waals surface area contributed by atoms with E-state index in [-0.39, 0.29) is 17.2 Å². The van der Waals surface area contributed by atoms with Crippen LogP contribution in [0.2, 0.25) is 0 Å². The standard InChI is InChI=1S/C20H27N7O5/c1-29-15-11-14(12-16(30-2)17(15)28)13-21-25-18-22-19(26-3-7-31-8-4-26)24-20(23-18)27-5-9-32-10-6-27/h11-13,28H,3-10H2,1-2H3,(H,22,23,24,25)/b21-13+. The summed E-state index contributed by atoms with van der Waals surface area (Å²) in [7, 11) is 2.94. The van der Waals surface area contributed by atoms with Crippen LogP contribution in [0.5, 0.6) is 17.2 Å². The van der Waals surface area contributed by atoms with E-state index in [0.717, 1.165) is 0 Å². The van der Waals surface area contributed by atoms with Gasteiger partial charge in [0.05, 0.1) is 46.9 Å². The number of hydrazone groups is 1. The molecule has 2 fully saturated rings. The van der Waals surface area contributed by atoms with E-state index < -0.39 is 0 Å². The summed E-state index contributed by atoms with van der Waals surface area (Å²) in [6, 6.07) is 3.30. The zero-order valence-electron chi connectivity index (χ0n) is 18.2. The number of ether oxygens (including phenoxy) is 4. The number of benzene rings is 1. The Kier molecular flexibility index (Phi) is 7.02. The van der Waals surface area contributed by atoms with Crippen LogP contribution in [0.3, 0.4) is 0 Å². The summed E-state index contributed by atoms with van der Waals surface area (Å²) >= 11 is 0. The van der Waals surface area contributed by atoms with Crippen molar-refractivity contribution in [3.8, 4) is 17.2 Å². The molecule has 12 heteroatoms. The average molecular weight is 445 g/mol. The van der Waals surface area contributed by atoms with E-state index in [1.807, 2.05) is 0 Å². The molecule has 32 heavy (non-hydrogen) atoms. The molecule has 2 saturated heterocycles. The van der Waals surface area contributed by atoms with Gasteiger partial charge in [-0.2, -0.15) is 20.1 Å². The normalized spacial score (nSPS) is 16.9. The molecule has 0 radical (unpaired) electrons. The van der Waals surface area contributed by atoms with Crippen molar-refractivity contribution in [2.24, 2.45) is 5.10 Å². The molecule has 0 atom stereocenters. The molecule has 2 aromatic rings. The highest BCUT2D eigenvalue weighted by Crippen LogP contribution is 2.36. The van der Waals surface area contributed by atoms with Crippen molar-refractivity contribution >= 4 is 24.1 Å². The largest absolute Gasteiger partial charge is 0.502 e. The molecule has 172 valence electrons. The second-order valence-corrected chi connectivity index (χ2v) is 7.10. The van der Waals surface area contributed by atoms with E-state index >= 15 is 0 Å². The van der Waals surface area contributed by atoms with E-state index in [9.17, 15) is 5.11 Å². The molecule has 0 aliphatic carbocycles. The van der Waals surface area contributed by atoms with Crippen LogP contribution in [0.4, 0.5) is 17.8 Å². The number of anilines is 3. The molecule has 1 aromatic carbocycles. The number of hydrogen-bond donors (Lipinski definition) is 2. The minimum absolute atomic E-state index is 0.0668. The lowest BCUT2D eigenvalue weighted by Gasteiger charge is -2.30. The van der Waals surface area contributed by atoms with Crippen molar-refractivity contribution in [3.05, 3.63) is 17.7 Å². The molecule has 2 aliphatic heterocycles. The SMILES string of the molecule is COc1cc(/C=N/Nc2nc(N3CCOCC3)nc(N3CCOCC3)n2)cc(OC)c1O. The fourth-order valence-electron chi connectivity index (χ4n) is 3.37. The second-order valence-electron chi connectivity index (χ2n) is 7.10. The lowest BCUT2D eigenvalue weighted by Crippen LogP contribution is -2.40. The zero-order valence-corrected chi connectivity index (χ0v) is 18.2. The van der Waals surface area contributed by atoms with Gasteiger partial charge in [0.1, 0.15) is 0 Å². The van der Waals surface area contributed by atoms with Crippen LogP contribution < -0.4 is 24.7 Å². The monoisotopic (exact) mass is 445 g/mol. The van der Waals surface area contributed by atoms with Crippen molar-refractivity contribution in [2.75, 3.05) is 82.1 Å². The third-order valence-corrected chi connectivity index (χ3v) is 5.08. The molecule has 2 N–H and O–H groups in total. The smallest absolute Gasteiger partial charge is 0.250 e. The Balaban J connectivity index is 1.56. The summed E-state index contributed by atoms with van der Waals surface area (Å²) in [6.07, 6.45) is 1.57. The summed E-state index contributed by atoms with van der Waals surface area (Å²) in [6.45, 7) is 5.36. The summed E-state index contributed by atoms with van der Waals surface area (Å²) in [5, 5.41) is 14.3. The molecule has 0 amide bonds. The Morgan fingerprint density at radius 2 is 1.41 bits per heavy atom. The van der Waals surface area contributed by atoms with E-state index in [1.165, 1.54) is 14.2 Å². The molecular formula is C20H27N7O5. The molecule has 4 rings (SSSR count). The highest BCUT2D eigenvalue weighted by Gasteiger charge is 2.20. The quantitative estimate of drug-likeness (QED) is 0.462. The van der Waals surface area contributed by atoms with Gasteiger partial charge in [0.25, 0.3) is 0 Å². The van der Waals surface area contributed by atoms with E-state index in [2.05, 4.69) is 35.3 Å². The van der Waals surface area contributed by atoms with Gasteiger partial charge >= 0.3 is 0 Å². The van der Waals surface area contributed by atoms with Crippen LogP contribution in [-0.2, 0) is 9.47 Å². The van der Waals surface area contributed by atoms with E-state index in [0.29, 0.717) is 76.0 Å². The number of nitrogens with zero attached hydrogens (tertiary/aromatic N) is 6. The first-order valence-corrected chi connectivity index (χ1v) is 10.3. The summed E-state index contributed by atoms with van der Waals surface area (Å²) in [5.41, 5.74) is 3.56.